The zero-order valence-corrected chi connectivity index (χ0v) is 21.0. The maximum atomic E-state index is 13.7. The molecule has 0 aromatic heterocycles. The van der Waals surface area contributed by atoms with E-state index in [2.05, 4.69) is 43.2 Å². The van der Waals surface area contributed by atoms with Crippen molar-refractivity contribution < 1.29 is 14.4 Å². The van der Waals surface area contributed by atoms with Crippen molar-refractivity contribution in [3.05, 3.63) is 35.9 Å². The Morgan fingerprint density at radius 2 is 1.76 bits per heavy atom. The lowest BCUT2D eigenvalue weighted by Crippen LogP contribution is -2.58. The molecule has 184 valence electrons. The number of hydrogen-bond donors (Lipinski definition) is 2. The van der Waals surface area contributed by atoms with Crippen LogP contribution in [0, 0.1) is 5.92 Å². The van der Waals surface area contributed by atoms with Gasteiger partial charge in [0.2, 0.25) is 17.7 Å². The van der Waals surface area contributed by atoms with Crippen LogP contribution in [-0.2, 0) is 20.8 Å². The molecule has 1 aliphatic rings. The molecule has 33 heavy (non-hydrogen) atoms. The lowest BCUT2D eigenvalue weighted by atomic mass is 9.95. The van der Waals surface area contributed by atoms with Gasteiger partial charge in [0.1, 0.15) is 12.1 Å². The highest BCUT2D eigenvalue weighted by atomic mass is 16.2. The molecule has 0 bridgehead atoms. The lowest BCUT2D eigenvalue weighted by molar-refractivity contribution is -0.142. The molecule has 1 fully saturated rings. The van der Waals surface area contributed by atoms with Crippen LogP contribution >= 0.6 is 0 Å². The SMILES string of the molecule is CCNC(=O)[C@@H]1CCCN1C(=O)[C@H](Cc1ccccc1)NC(=O)[C@H]([C@@H](C)CC)N(CC)CC. The number of carbonyl (C=O) groups is 3. The largest absolute Gasteiger partial charge is 0.355 e. The van der Waals surface area contributed by atoms with Gasteiger partial charge in [-0.2, -0.15) is 0 Å². The molecule has 7 nitrogen and oxygen atoms in total. The predicted molar refractivity (Wildman–Crippen MR) is 132 cm³/mol. The maximum absolute atomic E-state index is 13.7. The zero-order valence-electron chi connectivity index (χ0n) is 21.0. The van der Waals surface area contributed by atoms with E-state index < -0.39 is 12.1 Å². The number of amides is 3. The van der Waals surface area contributed by atoms with Gasteiger partial charge in [0, 0.05) is 19.5 Å². The van der Waals surface area contributed by atoms with E-state index in [0.29, 0.717) is 25.9 Å². The third-order valence-corrected chi connectivity index (χ3v) is 6.74. The summed E-state index contributed by atoms with van der Waals surface area (Å²) in [4.78, 5) is 43.6. The van der Waals surface area contributed by atoms with Gasteiger partial charge in [0.05, 0.1) is 6.04 Å². The normalized spacial score (nSPS) is 18.6. The second-order valence-corrected chi connectivity index (χ2v) is 8.89. The molecule has 4 atom stereocenters. The Kier molecular flexibility index (Phi) is 10.8. The molecule has 1 aliphatic heterocycles. The highest BCUT2D eigenvalue weighted by molar-refractivity contribution is 5.93. The average Bonchev–Trinajstić information content (AvgIpc) is 3.32. The van der Waals surface area contributed by atoms with Crippen LogP contribution in [0.25, 0.3) is 0 Å². The standard InChI is InChI=1S/C26H42N4O3/c1-6-19(5)23(29(8-3)9-4)25(32)28-21(18-20-14-11-10-12-15-20)26(33)30-17-13-16-22(30)24(31)27-7-2/h10-12,14-15,19,21-23H,6-9,13,16-18H2,1-5H3,(H,27,31)(H,28,32)/t19-,21-,22-,23-/m0/s1. The number of likely N-dealkylation sites (tertiary alicyclic amines) is 1. The van der Waals surface area contributed by atoms with Crippen molar-refractivity contribution in [3.8, 4) is 0 Å². The molecule has 1 heterocycles. The van der Waals surface area contributed by atoms with Crippen LogP contribution in [0.2, 0.25) is 0 Å². The number of rotatable bonds is 12. The lowest BCUT2D eigenvalue weighted by Gasteiger charge is -2.35. The molecule has 2 rings (SSSR count). The highest BCUT2D eigenvalue weighted by Crippen LogP contribution is 2.21. The fraction of sp³-hybridized carbons (Fsp3) is 0.654. The van der Waals surface area contributed by atoms with E-state index in [1.165, 1.54) is 0 Å². The van der Waals surface area contributed by atoms with Gasteiger partial charge in [-0.25, -0.2) is 0 Å². The van der Waals surface area contributed by atoms with Crippen LogP contribution in [0.1, 0.15) is 59.4 Å². The molecule has 0 spiro atoms. The fourth-order valence-corrected chi connectivity index (χ4v) is 4.73. The molecule has 3 amide bonds. The maximum Gasteiger partial charge on any atom is 0.246 e. The molecular weight excluding hydrogens is 416 g/mol. The fourth-order valence-electron chi connectivity index (χ4n) is 4.73. The summed E-state index contributed by atoms with van der Waals surface area (Å²) >= 11 is 0. The van der Waals surface area contributed by atoms with Gasteiger partial charge in [0.25, 0.3) is 0 Å². The van der Waals surface area contributed by atoms with Gasteiger partial charge < -0.3 is 15.5 Å². The number of carbonyl (C=O) groups excluding carboxylic acids is 3. The van der Waals surface area contributed by atoms with Crippen molar-refractivity contribution in [3.63, 3.8) is 0 Å². The summed E-state index contributed by atoms with van der Waals surface area (Å²) in [5.41, 5.74) is 0.979. The molecule has 0 aliphatic carbocycles. The Balaban J connectivity index is 2.30. The third kappa shape index (κ3) is 7.03. The summed E-state index contributed by atoms with van der Waals surface area (Å²) < 4.78 is 0. The van der Waals surface area contributed by atoms with Crippen molar-refractivity contribution in [2.24, 2.45) is 5.92 Å². The Morgan fingerprint density at radius 1 is 1.09 bits per heavy atom. The van der Waals surface area contributed by atoms with Gasteiger partial charge in [-0.3, -0.25) is 19.3 Å². The molecule has 0 radical (unpaired) electrons. The summed E-state index contributed by atoms with van der Waals surface area (Å²) in [7, 11) is 0. The number of nitrogens with zero attached hydrogens (tertiary/aromatic N) is 2. The first kappa shape index (κ1) is 26.8. The molecular formula is C26H42N4O3. The predicted octanol–water partition coefficient (Wildman–Crippen LogP) is 2.60. The summed E-state index contributed by atoms with van der Waals surface area (Å²) in [5, 5.41) is 5.94. The molecule has 1 saturated heterocycles. The first-order valence-corrected chi connectivity index (χ1v) is 12.5. The van der Waals surface area contributed by atoms with Crippen molar-refractivity contribution in [2.75, 3.05) is 26.2 Å². The average molecular weight is 459 g/mol. The minimum Gasteiger partial charge on any atom is -0.355 e. The van der Waals surface area contributed by atoms with Gasteiger partial charge in [-0.15, -0.1) is 0 Å². The smallest absolute Gasteiger partial charge is 0.246 e. The van der Waals surface area contributed by atoms with E-state index in [0.717, 1.165) is 31.5 Å². The van der Waals surface area contributed by atoms with Crippen LogP contribution in [0.15, 0.2) is 30.3 Å². The zero-order chi connectivity index (χ0) is 24.4. The highest BCUT2D eigenvalue weighted by Gasteiger charge is 2.39. The van der Waals surface area contributed by atoms with Crippen molar-refractivity contribution >= 4 is 17.7 Å². The van der Waals surface area contributed by atoms with Gasteiger partial charge in [0.15, 0.2) is 0 Å². The first-order valence-electron chi connectivity index (χ1n) is 12.5. The van der Waals surface area contributed by atoms with Crippen LogP contribution in [0.3, 0.4) is 0 Å². The van der Waals surface area contributed by atoms with Gasteiger partial charge >= 0.3 is 0 Å². The topological polar surface area (TPSA) is 81.8 Å². The summed E-state index contributed by atoms with van der Waals surface area (Å²) in [5.74, 6) is -0.250. The van der Waals surface area contributed by atoms with E-state index in [1.807, 2.05) is 37.3 Å². The Bertz CT molecular complexity index is 766. The van der Waals surface area contributed by atoms with E-state index in [-0.39, 0.29) is 29.7 Å². The molecule has 0 saturated carbocycles. The Morgan fingerprint density at radius 3 is 2.33 bits per heavy atom. The quantitative estimate of drug-likeness (QED) is 0.504. The molecule has 7 heteroatoms. The Labute approximate surface area is 199 Å². The van der Waals surface area contributed by atoms with Crippen molar-refractivity contribution in [1.29, 1.82) is 0 Å². The van der Waals surface area contributed by atoms with E-state index in [1.54, 1.807) is 4.90 Å². The second-order valence-electron chi connectivity index (χ2n) is 8.89. The minimum atomic E-state index is -0.711. The van der Waals surface area contributed by atoms with Gasteiger partial charge in [-0.1, -0.05) is 64.4 Å². The van der Waals surface area contributed by atoms with Crippen molar-refractivity contribution in [1.82, 2.24) is 20.4 Å². The summed E-state index contributed by atoms with van der Waals surface area (Å²) in [6.07, 6.45) is 2.71. The number of nitrogens with one attached hydrogen (secondary N) is 2. The minimum absolute atomic E-state index is 0.115. The van der Waals surface area contributed by atoms with Crippen LogP contribution < -0.4 is 10.6 Å². The van der Waals surface area contributed by atoms with Crippen molar-refractivity contribution in [2.45, 2.75) is 78.4 Å². The van der Waals surface area contributed by atoms with E-state index in [9.17, 15) is 14.4 Å². The monoisotopic (exact) mass is 458 g/mol. The molecule has 1 aromatic rings. The molecule has 2 N–H and O–H groups in total. The van der Waals surface area contributed by atoms with Crippen LogP contribution in [0.4, 0.5) is 0 Å². The van der Waals surface area contributed by atoms with Crippen LogP contribution in [0.5, 0.6) is 0 Å². The molecule has 0 unspecified atom stereocenters. The summed E-state index contributed by atoms with van der Waals surface area (Å²) in [6.45, 7) is 12.8. The Hall–Kier alpha value is -2.41. The second kappa shape index (κ2) is 13.3. The molecule has 1 aromatic carbocycles. The van der Waals surface area contributed by atoms with E-state index in [4.69, 9.17) is 0 Å². The third-order valence-electron chi connectivity index (χ3n) is 6.74. The van der Waals surface area contributed by atoms with Crippen LogP contribution in [-0.4, -0.2) is 71.8 Å². The van der Waals surface area contributed by atoms with E-state index >= 15 is 0 Å². The summed E-state index contributed by atoms with van der Waals surface area (Å²) in [6, 6.07) is 8.26. The number of benzene rings is 1. The number of likely N-dealkylation sites (N-methyl/N-ethyl adjacent to an activating group) is 2. The first-order chi connectivity index (χ1) is 15.9. The van der Waals surface area contributed by atoms with Gasteiger partial charge in [-0.05, 0) is 44.3 Å². The number of hydrogen-bond acceptors (Lipinski definition) is 4.